The van der Waals surface area contributed by atoms with Crippen LogP contribution in [-0.2, 0) is 93.3 Å². The molecule has 57 heteroatoms. The number of nitrogens with one attached hydrogen (secondary N) is 22. The highest BCUT2D eigenvalue weighted by atomic mass is 16.4. The Hall–Kier alpha value is -18.8. The maximum absolute atomic E-state index is 13.3. The maximum atomic E-state index is 13.3. The summed E-state index contributed by atoms with van der Waals surface area (Å²) in [5.41, 5.74) is 9.85. The Bertz CT molecular complexity index is 6680. The predicted octanol–water partition coefficient (Wildman–Crippen LogP) is -2.59. The van der Waals surface area contributed by atoms with E-state index in [0.29, 0.717) is 97.7 Å². The summed E-state index contributed by atoms with van der Waals surface area (Å²) in [5.74, 6) is -14.1. The van der Waals surface area contributed by atoms with Gasteiger partial charge in [-0.2, -0.15) is 20.4 Å². The Morgan fingerprint density at radius 3 is 0.827 bits per heavy atom. The molecule has 8 heterocycles. The molecule has 12 aromatic rings. The van der Waals surface area contributed by atoms with Gasteiger partial charge in [-0.25, -0.2) is 39.1 Å². The van der Waals surface area contributed by atoms with E-state index in [2.05, 4.69) is 156 Å². The molecule has 0 bridgehead atoms. The molecular weight excluding hydrogens is 1960 g/mol. The van der Waals surface area contributed by atoms with Crippen molar-refractivity contribution in [3.05, 3.63) is 169 Å². The number of aromatic nitrogens is 16. The van der Waals surface area contributed by atoms with Crippen molar-refractivity contribution >= 4 is 174 Å². The lowest BCUT2D eigenvalue weighted by atomic mass is 10.1. The van der Waals surface area contributed by atoms with Crippen molar-refractivity contribution in [3.8, 4) is 0 Å². The second kappa shape index (κ2) is 56.5. The van der Waals surface area contributed by atoms with E-state index >= 15 is 0 Å². The highest BCUT2D eigenvalue weighted by Crippen LogP contribution is 2.22. The summed E-state index contributed by atoms with van der Waals surface area (Å²) in [6.45, 7) is 3.15. The van der Waals surface area contributed by atoms with Crippen LogP contribution in [0.4, 0.5) is 23.8 Å². The number of aliphatic carboxylic acids is 4. The summed E-state index contributed by atoms with van der Waals surface area (Å²) in [5, 5.41) is 105. The minimum absolute atomic E-state index is 0.0370. The van der Waals surface area contributed by atoms with E-state index in [1.165, 1.54) is 6.92 Å². The van der Waals surface area contributed by atoms with Crippen LogP contribution >= 0.6 is 0 Å². The third-order valence-electron chi connectivity index (χ3n) is 22.8. The van der Waals surface area contributed by atoms with E-state index in [4.69, 9.17) is 5.73 Å². The van der Waals surface area contributed by atoms with Crippen molar-refractivity contribution in [3.63, 3.8) is 0 Å². The average molecular weight is 2080 g/mol. The fourth-order valence-corrected chi connectivity index (χ4v) is 14.8. The van der Waals surface area contributed by atoms with E-state index in [1.54, 1.807) is 173 Å². The fraction of sp³-hybridized carbons (Fsp3) is 0.376. The van der Waals surface area contributed by atoms with Crippen molar-refractivity contribution in [1.82, 2.24) is 153 Å². The molecule has 8 aromatic heterocycles. The van der Waals surface area contributed by atoms with Crippen molar-refractivity contribution in [2.45, 2.75) is 147 Å². The van der Waals surface area contributed by atoms with Gasteiger partial charge in [0.05, 0.1) is 79.1 Å². The molecule has 0 aliphatic heterocycles. The highest BCUT2D eigenvalue weighted by Gasteiger charge is 2.31. The molecular formula is C93H117N35O22. The first kappa shape index (κ1) is 112. The number of carbonyl (C=O) groups is 18. The van der Waals surface area contributed by atoms with E-state index < -0.39 is 214 Å². The molecule has 0 saturated heterocycles. The van der Waals surface area contributed by atoms with Gasteiger partial charge in [-0.05, 0) is 118 Å². The molecule has 7 atom stereocenters. The Kier molecular flexibility index (Phi) is 42.0. The lowest BCUT2D eigenvalue weighted by Gasteiger charge is -2.21. The number of hydrogen-bond acceptors (Lipinski definition) is 31. The number of carboxylic acids is 4. The zero-order valence-corrected chi connectivity index (χ0v) is 81.4. The van der Waals surface area contributed by atoms with E-state index in [9.17, 15) is 107 Å². The molecule has 0 spiro atoms. The molecule has 796 valence electrons. The average Bonchev–Trinajstić information content (AvgIpc) is 1.73. The highest BCUT2D eigenvalue weighted by molar-refractivity contribution is 6.03. The van der Waals surface area contributed by atoms with Gasteiger partial charge in [0.2, 0.25) is 59.1 Å². The quantitative estimate of drug-likeness (QED) is 0.0174. The second-order valence-electron chi connectivity index (χ2n) is 33.7. The number of nitrogens with zero attached hydrogens (tertiary/aromatic N) is 12. The van der Waals surface area contributed by atoms with Gasteiger partial charge in [0.1, 0.15) is 36.3 Å². The number of carbonyl (C=O) groups excluding carboxylic acids is 14. The standard InChI is InChI=1S/C47H60N18O11.C46H57N17O11/c1-2-31(48)42(71)63-32(43(72)58-26-39(68)62-34(45(75)76)24-57-41(70)28-6-9-36-30(20-28)22-60-65(36)18-4-12-50-47-53-15-16-54-47)7-10-37(66)55-25-38(67)61-33(44(73)74)23-56-40(69)27-5-8-35-29(19-27)21-59-64(35)17-3-11-49-46-51-13-14-52-46;1-2-36(64)59-31(42(70)56-26-39(67)61-33(44(73)74)24-55-41(69)28-6-9-35-30(20-28)22-58-63(35)18-4-12-48-46-51-15-16-52-46)7-10-37(65)53-25-38(66)60-32(43(71)72)23-54-40(68)27-5-8-34-29(19-27)21-57-62(34)17-3-11-47-45-49-13-14-50-45/h5-6,8-9,13-16,19-22,31-34H,2-4,7,10-12,17-18,23-26,48H2,1H3,(H,55,66)(H,56,69)(H,57,70)(H,58,72)(H,61,67)(H,62,68)(H,63,71)(H,73,74)(H,75,76)(H2,49,51,52)(H2,50,53,54);5-6,8-9,13-16,19-22,31-33H,2-4,7,10-12,17-18,23-26H2,1H3,(H,53,65)(H,54,68)(H,55,69)(H,56,70)(H,59,64)(H,60,66)(H,61,67)(H,71,72)(H,73,74)(H2,47,49,50)(H2,48,51,52)/t31?,32?,33-,34-;31?,32-,33-/m00/s1. The van der Waals surface area contributed by atoms with Crippen LogP contribution in [0.25, 0.3) is 43.6 Å². The molecule has 150 heavy (non-hydrogen) atoms. The van der Waals surface area contributed by atoms with Gasteiger partial charge in [-0.3, -0.25) is 85.9 Å². The summed E-state index contributed by atoms with van der Waals surface area (Å²) >= 11 is 0. The summed E-state index contributed by atoms with van der Waals surface area (Å²) in [6.07, 6.45) is 21.4. The van der Waals surface area contributed by atoms with Crippen molar-refractivity contribution < 1.29 is 107 Å². The van der Waals surface area contributed by atoms with Gasteiger partial charge < -0.3 is 142 Å². The van der Waals surface area contributed by atoms with Gasteiger partial charge in [0.15, 0.2) is 23.8 Å². The number of carboxylic acid groups (broad SMARTS) is 4. The molecule has 3 unspecified atom stereocenters. The molecule has 0 aliphatic rings. The van der Waals surface area contributed by atoms with Gasteiger partial charge in [-0.1, -0.05) is 13.8 Å². The molecule has 4 aromatic carbocycles. The van der Waals surface area contributed by atoms with Crippen molar-refractivity contribution in [2.24, 2.45) is 5.73 Å². The number of nitrogens with two attached hydrogens (primary N) is 1. The molecule has 28 N–H and O–H groups in total. The lowest BCUT2D eigenvalue weighted by Crippen LogP contribution is -2.54. The van der Waals surface area contributed by atoms with Crippen LogP contribution in [0.3, 0.4) is 0 Å². The molecule has 57 nitrogen and oxygen atoms in total. The van der Waals surface area contributed by atoms with Crippen molar-refractivity contribution in [2.75, 3.05) is 99.8 Å². The zero-order valence-electron chi connectivity index (χ0n) is 81.4. The molecule has 0 fully saturated rings. The minimum atomic E-state index is -1.62. The van der Waals surface area contributed by atoms with Crippen LogP contribution in [0, 0.1) is 0 Å². The van der Waals surface area contributed by atoms with Crippen molar-refractivity contribution in [1.29, 1.82) is 0 Å². The first-order chi connectivity index (χ1) is 72.2. The molecule has 0 aliphatic carbocycles. The third kappa shape index (κ3) is 34.8. The first-order valence-electron chi connectivity index (χ1n) is 47.7. The number of fused-ring (bicyclic) bond motifs is 4. The monoisotopic (exact) mass is 2080 g/mol. The number of aromatic amines is 4. The largest absolute Gasteiger partial charge is 0.480 e. The van der Waals surface area contributed by atoms with Gasteiger partial charge in [0.25, 0.3) is 23.6 Å². The second-order valence-corrected chi connectivity index (χ2v) is 33.7. The number of hydrogen-bond donors (Lipinski definition) is 27. The zero-order chi connectivity index (χ0) is 108. The maximum Gasteiger partial charge on any atom is 0.328 e. The Morgan fingerprint density at radius 1 is 0.320 bits per heavy atom. The predicted molar refractivity (Wildman–Crippen MR) is 536 cm³/mol. The lowest BCUT2D eigenvalue weighted by molar-refractivity contribution is -0.142. The van der Waals surface area contributed by atoms with Crippen LogP contribution in [0.1, 0.15) is 119 Å². The Balaban J connectivity index is 0.000000285. The summed E-state index contributed by atoms with van der Waals surface area (Å²) in [6, 6.07) is 9.34. The first-order valence-corrected chi connectivity index (χ1v) is 47.7. The van der Waals surface area contributed by atoms with Crippen LogP contribution < -0.4 is 101 Å². The normalized spacial score (nSPS) is 12.4. The minimum Gasteiger partial charge on any atom is -0.480 e. The topological polar surface area (TPSA) is 817 Å². The number of benzene rings is 4. The van der Waals surface area contributed by atoms with Gasteiger partial charge in [0, 0.05) is 191 Å². The molecule has 0 radical (unpaired) electrons. The van der Waals surface area contributed by atoms with Gasteiger partial charge in [-0.15, -0.1) is 0 Å². The van der Waals surface area contributed by atoms with Crippen LogP contribution in [0.15, 0.2) is 147 Å². The fourth-order valence-electron chi connectivity index (χ4n) is 14.8. The number of rotatable bonds is 61. The third-order valence-corrected chi connectivity index (χ3v) is 22.8. The number of anilines is 4. The molecule has 0 saturated carbocycles. The SMILES string of the molecule is CCC(=O)NC(CCC(=O)NCC(=O)N[C@@H](CNC(=O)c1ccc2c(cnn2CCCNc2ncc[nH]2)c1)C(=O)O)C(=O)NCC(=O)N[C@@H](CNC(=O)c1ccc2c(cnn2CCCNc2ncc[nH]2)c1)C(=O)O.CCC(N)C(=O)NC(CCC(=O)NCC(=O)N[C@@H](CNC(=O)c1ccc2c(cnn2CCCNc2ncc[nH]2)c1)C(=O)O)C(=O)NCC(=O)N[C@@H](CNC(=O)c1ccc2c(cnn2CCCNc2ncc[nH]2)c1)C(=O)O. The summed E-state index contributed by atoms with van der Waals surface area (Å²) in [4.78, 5) is 256. The molecule has 12 rings (SSSR count). The number of aryl methyl sites for hydroxylation is 4. The summed E-state index contributed by atoms with van der Waals surface area (Å²) in [7, 11) is 0. The van der Waals surface area contributed by atoms with E-state index in [-0.39, 0.29) is 47.9 Å². The van der Waals surface area contributed by atoms with Gasteiger partial charge >= 0.3 is 23.9 Å². The van der Waals surface area contributed by atoms with Crippen LogP contribution in [-0.4, -0.2) is 327 Å². The van der Waals surface area contributed by atoms with Crippen LogP contribution in [0.2, 0.25) is 0 Å². The number of imidazole rings is 4. The summed E-state index contributed by atoms with van der Waals surface area (Å²) < 4.78 is 7.15. The smallest absolute Gasteiger partial charge is 0.328 e. The Labute approximate surface area is 851 Å². The van der Waals surface area contributed by atoms with E-state index in [0.717, 1.165) is 47.8 Å². The molecule has 14 amide bonds. The number of amides is 14. The van der Waals surface area contributed by atoms with E-state index in [1.807, 2.05) is 0 Å². The van der Waals surface area contributed by atoms with Crippen LogP contribution in [0.5, 0.6) is 0 Å². The number of H-pyrrole nitrogens is 4. The Morgan fingerprint density at radius 2 is 0.580 bits per heavy atom.